The minimum Gasteiger partial charge on any atom is -0.398 e. The normalized spacial score (nSPS) is 17.5. The van der Waals surface area contributed by atoms with E-state index in [4.69, 9.17) is 5.73 Å². The Kier molecular flexibility index (Phi) is 9.43. The number of nitrogens with two attached hydrogens (primary N) is 1. The highest BCUT2D eigenvalue weighted by Crippen LogP contribution is 2.46. The SMILES string of the molecule is C=CC(=O)N1CC2CN(CCCN(C)C)c3c(c4cc(F)c(-c5c(N)cccc5F)c(F)c4n(-c4c(C)ccnc4C(C)C)c3=O)N2CC1C. The third-order valence-corrected chi connectivity index (χ3v) is 9.89. The summed E-state index contributed by atoms with van der Waals surface area (Å²) in [5.41, 5.74) is 6.56. The van der Waals surface area contributed by atoms with Crippen molar-refractivity contribution >= 4 is 33.9 Å². The first-order valence-electron chi connectivity index (χ1n) is 17.0. The number of nitrogens with zero attached hydrogens (tertiary/aromatic N) is 6. The number of aryl methyl sites for hydroxylation is 1. The van der Waals surface area contributed by atoms with Gasteiger partial charge in [-0.25, -0.2) is 13.2 Å². The van der Waals surface area contributed by atoms with E-state index in [9.17, 15) is 4.79 Å². The second kappa shape index (κ2) is 13.5. The fourth-order valence-electron chi connectivity index (χ4n) is 7.57. The minimum absolute atomic E-state index is 0.140. The third-order valence-electron chi connectivity index (χ3n) is 9.89. The Morgan fingerprint density at radius 3 is 2.48 bits per heavy atom. The van der Waals surface area contributed by atoms with Gasteiger partial charge in [-0.3, -0.25) is 19.1 Å². The van der Waals surface area contributed by atoms with Gasteiger partial charge in [0.25, 0.3) is 5.56 Å². The van der Waals surface area contributed by atoms with Gasteiger partial charge >= 0.3 is 0 Å². The molecule has 4 aromatic rings. The van der Waals surface area contributed by atoms with Gasteiger partial charge in [0, 0.05) is 55.1 Å². The van der Waals surface area contributed by atoms with Gasteiger partial charge in [0.1, 0.15) is 17.3 Å². The van der Waals surface area contributed by atoms with Crippen molar-refractivity contribution in [2.75, 3.05) is 62.4 Å². The summed E-state index contributed by atoms with van der Waals surface area (Å²) in [4.78, 5) is 40.6. The van der Waals surface area contributed by atoms with Crippen molar-refractivity contribution in [2.24, 2.45) is 0 Å². The van der Waals surface area contributed by atoms with Crippen molar-refractivity contribution in [1.82, 2.24) is 19.4 Å². The van der Waals surface area contributed by atoms with Crippen LogP contribution in [0.1, 0.15) is 44.4 Å². The molecule has 0 aliphatic carbocycles. The predicted octanol–water partition coefficient (Wildman–Crippen LogP) is 5.85. The summed E-state index contributed by atoms with van der Waals surface area (Å²) in [5, 5.41) is 0.157. The standard InChI is InChI=1S/C38H44F3N7O2/c1-8-29(49)46-20-24-19-45(16-10-15-44(6)7)37-36(47(24)18-23(46)5)25-17-27(40)31(30-26(39)11-9-12-28(30)42)32(41)35(25)48(38(37)50)34-22(4)13-14-43-33(34)21(2)3/h8-9,11-14,17,21,23-24H,1,10,15-16,18-20,42H2,2-7H3. The summed E-state index contributed by atoms with van der Waals surface area (Å²) in [6.07, 6.45) is 3.64. The summed E-state index contributed by atoms with van der Waals surface area (Å²) in [6, 6.07) is 6.21. The second-order valence-electron chi connectivity index (χ2n) is 14.0. The van der Waals surface area contributed by atoms with Gasteiger partial charge in [0.2, 0.25) is 5.91 Å². The molecule has 264 valence electrons. The lowest BCUT2D eigenvalue weighted by Crippen LogP contribution is -2.64. The Balaban J connectivity index is 1.76. The van der Waals surface area contributed by atoms with Gasteiger partial charge in [-0.15, -0.1) is 0 Å². The largest absolute Gasteiger partial charge is 0.398 e. The molecule has 1 saturated heterocycles. The molecule has 6 rings (SSSR count). The van der Waals surface area contributed by atoms with Crippen LogP contribution in [-0.4, -0.2) is 84.2 Å². The predicted molar refractivity (Wildman–Crippen MR) is 194 cm³/mol. The smallest absolute Gasteiger partial charge is 0.281 e. The molecule has 9 nitrogen and oxygen atoms in total. The molecule has 2 aliphatic rings. The molecule has 4 heterocycles. The maximum Gasteiger partial charge on any atom is 0.281 e. The fraction of sp³-hybridized carbons (Fsp3) is 0.395. The van der Waals surface area contributed by atoms with Crippen LogP contribution in [0.25, 0.3) is 27.7 Å². The molecule has 1 amide bonds. The number of amides is 1. The molecule has 12 heteroatoms. The number of carbonyl (C=O) groups is 1. The van der Waals surface area contributed by atoms with E-state index in [1.54, 1.807) is 17.2 Å². The van der Waals surface area contributed by atoms with Crippen molar-refractivity contribution < 1.29 is 18.0 Å². The van der Waals surface area contributed by atoms with E-state index >= 15 is 18.0 Å². The number of piperazine rings is 1. The highest BCUT2D eigenvalue weighted by Gasteiger charge is 2.42. The van der Waals surface area contributed by atoms with Crippen LogP contribution in [0.3, 0.4) is 0 Å². The number of rotatable bonds is 8. The van der Waals surface area contributed by atoms with Crippen LogP contribution in [0.2, 0.25) is 0 Å². The highest BCUT2D eigenvalue weighted by molar-refractivity contribution is 6.03. The number of hydrogen-bond donors (Lipinski definition) is 1. The van der Waals surface area contributed by atoms with Crippen molar-refractivity contribution in [3.8, 4) is 16.8 Å². The summed E-state index contributed by atoms with van der Waals surface area (Å²) in [6.45, 7) is 13.5. The number of aromatic nitrogens is 2. The number of fused-ring (bicyclic) bond motifs is 5. The number of nitrogen functional groups attached to an aromatic ring is 1. The molecule has 2 unspecified atom stereocenters. The van der Waals surface area contributed by atoms with E-state index in [1.165, 1.54) is 28.8 Å². The molecule has 2 aromatic heterocycles. The molecular formula is C38H44F3N7O2. The molecule has 2 aliphatic heterocycles. The Bertz CT molecular complexity index is 2040. The molecule has 0 radical (unpaired) electrons. The van der Waals surface area contributed by atoms with Gasteiger partial charge in [0.15, 0.2) is 5.82 Å². The Labute approximate surface area is 290 Å². The molecule has 50 heavy (non-hydrogen) atoms. The van der Waals surface area contributed by atoms with Gasteiger partial charge in [-0.1, -0.05) is 26.5 Å². The lowest BCUT2D eigenvalue weighted by Gasteiger charge is -2.52. The van der Waals surface area contributed by atoms with Crippen molar-refractivity contribution in [2.45, 2.75) is 52.1 Å². The zero-order chi connectivity index (χ0) is 36.2. The van der Waals surface area contributed by atoms with Crippen LogP contribution in [0.15, 0.2) is 54.0 Å². The maximum absolute atomic E-state index is 17.5. The average molecular weight is 688 g/mol. The molecule has 2 atom stereocenters. The molecule has 0 bridgehead atoms. The van der Waals surface area contributed by atoms with E-state index in [1.807, 2.05) is 51.6 Å². The van der Waals surface area contributed by atoms with Crippen LogP contribution >= 0.6 is 0 Å². The Morgan fingerprint density at radius 2 is 1.82 bits per heavy atom. The fourth-order valence-corrected chi connectivity index (χ4v) is 7.57. The van der Waals surface area contributed by atoms with Gasteiger partial charge in [-0.05, 0) is 82.7 Å². The first-order chi connectivity index (χ1) is 23.8. The molecule has 0 spiro atoms. The summed E-state index contributed by atoms with van der Waals surface area (Å²) in [7, 11) is 3.94. The first kappa shape index (κ1) is 35.0. The topological polar surface area (TPSA) is 90.9 Å². The monoisotopic (exact) mass is 687 g/mol. The highest BCUT2D eigenvalue weighted by atomic mass is 19.1. The van der Waals surface area contributed by atoms with E-state index < -0.39 is 34.1 Å². The Hall–Kier alpha value is -4.84. The van der Waals surface area contributed by atoms with Gasteiger partial charge in [0.05, 0.1) is 34.2 Å². The molecule has 2 aromatic carbocycles. The number of anilines is 3. The van der Waals surface area contributed by atoms with Crippen LogP contribution in [-0.2, 0) is 4.79 Å². The quantitative estimate of drug-likeness (QED) is 0.184. The number of pyridine rings is 2. The van der Waals surface area contributed by atoms with Crippen molar-refractivity contribution in [3.05, 3.63) is 88.2 Å². The molecule has 0 saturated carbocycles. The number of carbonyl (C=O) groups excluding carboxylic acids is 1. The van der Waals surface area contributed by atoms with E-state index in [2.05, 4.69) is 16.5 Å². The second-order valence-corrected chi connectivity index (χ2v) is 14.0. The third kappa shape index (κ3) is 5.78. The van der Waals surface area contributed by atoms with Crippen molar-refractivity contribution in [1.29, 1.82) is 0 Å². The van der Waals surface area contributed by atoms with E-state index in [-0.39, 0.29) is 40.5 Å². The lowest BCUT2D eigenvalue weighted by atomic mass is 9.94. The molecular weight excluding hydrogens is 643 g/mol. The zero-order valence-electron chi connectivity index (χ0n) is 29.4. The lowest BCUT2D eigenvalue weighted by molar-refractivity contribution is -0.128. The van der Waals surface area contributed by atoms with Crippen LogP contribution in [0.4, 0.5) is 30.2 Å². The van der Waals surface area contributed by atoms with Crippen LogP contribution in [0.5, 0.6) is 0 Å². The van der Waals surface area contributed by atoms with E-state index in [0.717, 1.165) is 12.6 Å². The number of halogens is 3. The first-order valence-corrected chi connectivity index (χ1v) is 17.0. The van der Waals surface area contributed by atoms with Crippen molar-refractivity contribution in [3.63, 3.8) is 0 Å². The van der Waals surface area contributed by atoms with Crippen LogP contribution < -0.4 is 21.1 Å². The zero-order valence-corrected chi connectivity index (χ0v) is 29.4. The minimum atomic E-state index is -1.11. The summed E-state index contributed by atoms with van der Waals surface area (Å²) in [5.74, 6) is -3.38. The van der Waals surface area contributed by atoms with Crippen LogP contribution in [0, 0.1) is 24.4 Å². The average Bonchev–Trinajstić information content (AvgIpc) is 3.05. The number of benzene rings is 2. The Morgan fingerprint density at radius 1 is 1.08 bits per heavy atom. The maximum atomic E-state index is 17.5. The molecule has 2 N–H and O–H groups in total. The van der Waals surface area contributed by atoms with Gasteiger partial charge in [-0.2, -0.15) is 0 Å². The van der Waals surface area contributed by atoms with Gasteiger partial charge < -0.3 is 25.3 Å². The van der Waals surface area contributed by atoms with E-state index in [0.29, 0.717) is 60.9 Å². The number of hydrogen-bond acceptors (Lipinski definition) is 7. The summed E-state index contributed by atoms with van der Waals surface area (Å²) >= 11 is 0. The molecule has 1 fully saturated rings. The summed E-state index contributed by atoms with van der Waals surface area (Å²) < 4.78 is 50.7.